The van der Waals surface area contributed by atoms with Gasteiger partial charge in [-0.3, -0.25) is 4.79 Å². The summed E-state index contributed by atoms with van der Waals surface area (Å²) in [5.41, 5.74) is 2.95. The molecule has 2 aromatic carbocycles. The second-order valence-corrected chi connectivity index (χ2v) is 3.93. The first-order valence-corrected chi connectivity index (χ1v) is 5.60. The third-order valence-corrected chi connectivity index (χ3v) is 2.56. The van der Waals surface area contributed by atoms with Gasteiger partial charge in [0.2, 0.25) is 0 Å². The molecule has 0 amide bonds. The van der Waals surface area contributed by atoms with Gasteiger partial charge in [-0.15, -0.1) is 0 Å². The first-order valence-electron chi connectivity index (χ1n) is 5.60. The van der Waals surface area contributed by atoms with E-state index in [-0.39, 0.29) is 5.78 Å². The van der Waals surface area contributed by atoms with E-state index >= 15 is 0 Å². The Balaban J connectivity index is 2.22. The quantitative estimate of drug-likeness (QED) is 0.565. The normalized spacial score (nSPS) is 10.6. The molecule has 0 radical (unpaired) electrons. The van der Waals surface area contributed by atoms with Gasteiger partial charge >= 0.3 is 0 Å². The summed E-state index contributed by atoms with van der Waals surface area (Å²) in [7, 11) is 0. The molecule has 0 fully saturated rings. The first kappa shape index (κ1) is 11.3. The first-order chi connectivity index (χ1) is 8.25. The van der Waals surface area contributed by atoms with Crippen LogP contribution in [-0.2, 0) is 0 Å². The average molecular weight is 222 g/mol. The van der Waals surface area contributed by atoms with Crippen LogP contribution < -0.4 is 0 Å². The lowest BCUT2D eigenvalue weighted by molar-refractivity contribution is 0.101. The summed E-state index contributed by atoms with van der Waals surface area (Å²) in [5.74, 6) is 0.0972. The van der Waals surface area contributed by atoms with Gasteiger partial charge in [-0.25, -0.2) is 0 Å². The molecule has 1 heteroatoms. The molecule has 2 rings (SSSR count). The third-order valence-electron chi connectivity index (χ3n) is 2.56. The molecule has 0 aromatic heterocycles. The van der Waals surface area contributed by atoms with Crippen LogP contribution in [0.2, 0.25) is 0 Å². The minimum absolute atomic E-state index is 0.0972. The smallest absolute Gasteiger partial charge is 0.159 e. The van der Waals surface area contributed by atoms with Crippen LogP contribution in [0.5, 0.6) is 0 Å². The Labute approximate surface area is 101 Å². The summed E-state index contributed by atoms with van der Waals surface area (Å²) < 4.78 is 0. The molecule has 0 aliphatic rings. The molecule has 0 aliphatic heterocycles. The van der Waals surface area contributed by atoms with Crippen LogP contribution in [0.25, 0.3) is 12.2 Å². The lowest BCUT2D eigenvalue weighted by atomic mass is 10.1. The van der Waals surface area contributed by atoms with Gasteiger partial charge in [0.25, 0.3) is 0 Å². The predicted octanol–water partition coefficient (Wildman–Crippen LogP) is 4.06. The minimum atomic E-state index is 0.0972. The van der Waals surface area contributed by atoms with E-state index < -0.39 is 0 Å². The number of benzene rings is 2. The molecule has 0 bridgehead atoms. The fourth-order valence-corrected chi connectivity index (χ4v) is 1.62. The molecule has 17 heavy (non-hydrogen) atoms. The Kier molecular flexibility index (Phi) is 3.51. The summed E-state index contributed by atoms with van der Waals surface area (Å²) in [6.07, 6.45) is 4.06. The van der Waals surface area contributed by atoms with E-state index in [9.17, 15) is 4.79 Å². The summed E-state index contributed by atoms with van der Waals surface area (Å²) in [4.78, 5) is 11.2. The largest absolute Gasteiger partial charge is 0.295 e. The summed E-state index contributed by atoms with van der Waals surface area (Å²) >= 11 is 0. The van der Waals surface area contributed by atoms with Crippen LogP contribution in [-0.4, -0.2) is 5.78 Å². The molecule has 0 heterocycles. The zero-order chi connectivity index (χ0) is 12.1. The highest BCUT2D eigenvalue weighted by atomic mass is 16.1. The minimum Gasteiger partial charge on any atom is -0.295 e. The van der Waals surface area contributed by atoms with Crippen molar-refractivity contribution in [3.05, 3.63) is 71.3 Å². The van der Waals surface area contributed by atoms with Gasteiger partial charge < -0.3 is 0 Å². The standard InChI is InChI=1S/C16H14O/c1-13(17)16-9-5-8-15(12-16)11-10-14-6-3-2-4-7-14/h2-12H,1H3/b11-10+. The number of carbonyl (C=O) groups is 1. The molecule has 0 aliphatic carbocycles. The topological polar surface area (TPSA) is 17.1 Å². The van der Waals surface area contributed by atoms with E-state index in [0.29, 0.717) is 0 Å². The Bertz CT molecular complexity index is 538. The molecule has 0 N–H and O–H groups in total. The van der Waals surface area contributed by atoms with Gasteiger partial charge in [0.1, 0.15) is 0 Å². The fraction of sp³-hybridized carbons (Fsp3) is 0.0625. The average Bonchev–Trinajstić information content (AvgIpc) is 2.38. The second-order valence-electron chi connectivity index (χ2n) is 3.93. The molecule has 0 saturated carbocycles. The number of ketones is 1. The second kappa shape index (κ2) is 5.26. The van der Waals surface area contributed by atoms with Crippen molar-refractivity contribution in [3.63, 3.8) is 0 Å². The van der Waals surface area contributed by atoms with Crippen molar-refractivity contribution >= 4 is 17.9 Å². The molecule has 0 saturated heterocycles. The van der Waals surface area contributed by atoms with E-state index in [4.69, 9.17) is 0 Å². The monoisotopic (exact) mass is 222 g/mol. The van der Waals surface area contributed by atoms with E-state index in [1.54, 1.807) is 6.92 Å². The van der Waals surface area contributed by atoms with Gasteiger partial charge in [-0.05, 0) is 24.1 Å². The number of hydrogen-bond donors (Lipinski definition) is 0. The highest BCUT2D eigenvalue weighted by molar-refractivity contribution is 5.94. The van der Waals surface area contributed by atoms with Gasteiger partial charge in [0.15, 0.2) is 5.78 Å². The Hall–Kier alpha value is -2.15. The molecule has 84 valence electrons. The van der Waals surface area contributed by atoms with Gasteiger partial charge in [-0.1, -0.05) is 60.7 Å². The van der Waals surface area contributed by atoms with Crippen molar-refractivity contribution in [1.82, 2.24) is 0 Å². The van der Waals surface area contributed by atoms with E-state index in [0.717, 1.165) is 16.7 Å². The van der Waals surface area contributed by atoms with Crippen LogP contribution in [0, 0.1) is 0 Å². The van der Waals surface area contributed by atoms with Crippen molar-refractivity contribution in [2.45, 2.75) is 6.92 Å². The van der Waals surface area contributed by atoms with Gasteiger partial charge in [0, 0.05) is 5.56 Å². The zero-order valence-corrected chi connectivity index (χ0v) is 9.76. The van der Waals surface area contributed by atoms with Crippen molar-refractivity contribution in [3.8, 4) is 0 Å². The Morgan fingerprint density at radius 2 is 1.53 bits per heavy atom. The Morgan fingerprint density at radius 1 is 0.882 bits per heavy atom. The van der Waals surface area contributed by atoms with Crippen molar-refractivity contribution in [2.24, 2.45) is 0 Å². The van der Waals surface area contributed by atoms with Gasteiger partial charge in [-0.2, -0.15) is 0 Å². The summed E-state index contributed by atoms with van der Waals surface area (Å²) in [6, 6.07) is 17.7. The number of rotatable bonds is 3. The number of hydrogen-bond acceptors (Lipinski definition) is 1. The number of carbonyl (C=O) groups excluding carboxylic acids is 1. The molecule has 2 aromatic rings. The predicted molar refractivity (Wildman–Crippen MR) is 71.8 cm³/mol. The summed E-state index contributed by atoms with van der Waals surface area (Å²) in [6.45, 7) is 1.58. The number of Topliss-reactive ketones (excluding diaryl/α,β-unsaturated/α-hetero) is 1. The maximum absolute atomic E-state index is 11.2. The van der Waals surface area contributed by atoms with Crippen LogP contribution >= 0.6 is 0 Å². The zero-order valence-electron chi connectivity index (χ0n) is 9.76. The maximum Gasteiger partial charge on any atom is 0.159 e. The van der Waals surface area contributed by atoms with Crippen LogP contribution in [0.1, 0.15) is 28.4 Å². The highest BCUT2D eigenvalue weighted by Gasteiger charge is 1.97. The van der Waals surface area contributed by atoms with Crippen LogP contribution in [0.15, 0.2) is 54.6 Å². The maximum atomic E-state index is 11.2. The van der Waals surface area contributed by atoms with Crippen molar-refractivity contribution in [1.29, 1.82) is 0 Å². The molecule has 0 unspecified atom stereocenters. The lowest BCUT2D eigenvalue weighted by Gasteiger charge is -1.98. The molecule has 1 nitrogen and oxygen atoms in total. The van der Waals surface area contributed by atoms with E-state index in [1.807, 2.05) is 66.7 Å². The summed E-state index contributed by atoms with van der Waals surface area (Å²) in [5, 5.41) is 0. The van der Waals surface area contributed by atoms with Crippen molar-refractivity contribution in [2.75, 3.05) is 0 Å². The van der Waals surface area contributed by atoms with Crippen LogP contribution in [0.3, 0.4) is 0 Å². The molecular weight excluding hydrogens is 208 g/mol. The van der Waals surface area contributed by atoms with Gasteiger partial charge in [0.05, 0.1) is 0 Å². The lowest BCUT2D eigenvalue weighted by Crippen LogP contribution is -1.91. The van der Waals surface area contributed by atoms with Crippen molar-refractivity contribution < 1.29 is 4.79 Å². The Morgan fingerprint density at radius 3 is 2.24 bits per heavy atom. The third kappa shape index (κ3) is 3.15. The highest BCUT2D eigenvalue weighted by Crippen LogP contribution is 2.10. The molecule has 0 atom stereocenters. The van der Waals surface area contributed by atoms with Crippen LogP contribution in [0.4, 0.5) is 0 Å². The molecular formula is C16H14O. The molecule has 0 spiro atoms. The van der Waals surface area contributed by atoms with E-state index in [1.165, 1.54) is 0 Å². The van der Waals surface area contributed by atoms with E-state index in [2.05, 4.69) is 0 Å². The fourth-order valence-electron chi connectivity index (χ4n) is 1.62. The SMILES string of the molecule is CC(=O)c1cccc(/C=C/c2ccccc2)c1.